The first-order chi connectivity index (χ1) is 19.1. The molecule has 0 saturated heterocycles. The van der Waals surface area contributed by atoms with E-state index in [1.807, 2.05) is 24.3 Å². The van der Waals surface area contributed by atoms with Crippen LogP contribution in [0.25, 0.3) is 27.7 Å². The van der Waals surface area contributed by atoms with Gasteiger partial charge in [0.05, 0.1) is 35.1 Å². The van der Waals surface area contributed by atoms with Gasteiger partial charge in [-0.15, -0.1) is 0 Å². The lowest BCUT2D eigenvalue weighted by atomic mass is 10.0. The van der Waals surface area contributed by atoms with Crippen LogP contribution in [-0.2, 0) is 10.0 Å². The minimum absolute atomic E-state index is 0.00199. The third kappa shape index (κ3) is 5.31. The van der Waals surface area contributed by atoms with Crippen molar-refractivity contribution in [2.24, 2.45) is 0 Å². The van der Waals surface area contributed by atoms with Gasteiger partial charge in [0.15, 0.2) is 0 Å². The monoisotopic (exact) mass is 552 g/mol. The van der Waals surface area contributed by atoms with E-state index in [-0.39, 0.29) is 22.9 Å². The smallest absolute Gasteiger partial charge is 0.266 e. The molecule has 2 aromatic heterocycles. The largest absolute Gasteiger partial charge is 0.368 e. The van der Waals surface area contributed by atoms with Gasteiger partial charge in [0.1, 0.15) is 23.3 Å². The average molecular weight is 553 g/mol. The zero-order valence-corrected chi connectivity index (χ0v) is 22.3. The molecule has 3 aromatic carbocycles. The molecular formula is C28H24N8O3S. The number of fused-ring (bicyclic) bond motifs is 1. The number of aromatic nitrogens is 4. The maximum atomic E-state index is 14.3. The van der Waals surface area contributed by atoms with Gasteiger partial charge >= 0.3 is 0 Å². The summed E-state index contributed by atoms with van der Waals surface area (Å²) in [6.07, 6.45) is 2.40. The molecule has 2 heterocycles. The Kier molecular flexibility index (Phi) is 6.89. The highest BCUT2D eigenvalue weighted by molar-refractivity contribution is 7.92. The number of anilines is 3. The van der Waals surface area contributed by atoms with E-state index in [2.05, 4.69) is 20.0 Å². The Balaban J connectivity index is 1.72. The molecule has 0 aliphatic heterocycles. The Morgan fingerprint density at radius 1 is 1.02 bits per heavy atom. The molecule has 0 saturated carbocycles. The van der Waals surface area contributed by atoms with Crippen molar-refractivity contribution >= 4 is 38.4 Å². The molecule has 0 fully saturated rings. The maximum Gasteiger partial charge on any atom is 0.266 e. The van der Waals surface area contributed by atoms with Crippen molar-refractivity contribution in [3.05, 3.63) is 101 Å². The van der Waals surface area contributed by atoms with Crippen LogP contribution in [0.3, 0.4) is 0 Å². The van der Waals surface area contributed by atoms with Crippen molar-refractivity contribution < 1.29 is 8.42 Å². The van der Waals surface area contributed by atoms with E-state index in [1.165, 1.54) is 10.8 Å². The van der Waals surface area contributed by atoms with Gasteiger partial charge < -0.3 is 11.1 Å². The topological polar surface area (TPSA) is 169 Å². The fourth-order valence-electron chi connectivity index (χ4n) is 4.43. The molecular weight excluding hydrogens is 528 g/mol. The van der Waals surface area contributed by atoms with E-state index in [1.54, 1.807) is 61.5 Å². The third-order valence-electron chi connectivity index (χ3n) is 6.08. The quantitative estimate of drug-likeness (QED) is 0.271. The third-order valence-corrected chi connectivity index (χ3v) is 6.69. The molecule has 0 spiro atoms. The Morgan fingerprint density at radius 3 is 2.50 bits per heavy atom. The number of hydrogen-bond donors (Lipinski definition) is 3. The van der Waals surface area contributed by atoms with Crippen molar-refractivity contribution in [1.82, 2.24) is 19.5 Å². The SMILES string of the molecule is CC(Nc1nc(N)ncc1C#N)c1nc2cccc(-c3cccc(NS(C)(=O)=O)c3)c2c(=O)n1-c1ccccc1. The maximum absolute atomic E-state index is 14.3. The summed E-state index contributed by atoms with van der Waals surface area (Å²) in [5.74, 6) is 0.604. The second-order valence-corrected chi connectivity index (χ2v) is 10.8. The van der Waals surface area contributed by atoms with Crippen LogP contribution in [-0.4, -0.2) is 34.2 Å². The number of para-hydroxylation sites is 1. The van der Waals surface area contributed by atoms with Crippen molar-refractivity contribution in [3.8, 4) is 22.9 Å². The van der Waals surface area contributed by atoms with Crippen LogP contribution >= 0.6 is 0 Å². The first kappa shape index (κ1) is 26.3. The van der Waals surface area contributed by atoms with E-state index in [0.717, 1.165) is 6.26 Å². The molecule has 0 bridgehead atoms. The van der Waals surface area contributed by atoms with Crippen molar-refractivity contribution in [1.29, 1.82) is 5.26 Å². The molecule has 5 aromatic rings. The second kappa shape index (κ2) is 10.5. The van der Waals surface area contributed by atoms with Crippen LogP contribution in [0.5, 0.6) is 0 Å². The summed E-state index contributed by atoms with van der Waals surface area (Å²) in [5.41, 5.74) is 8.28. The van der Waals surface area contributed by atoms with E-state index < -0.39 is 16.1 Å². The molecule has 0 aliphatic carbocycles. The lowest BCUT2D eigenvalue weighted by molar-refractivity contribution is 0.607. The first-order valence-corrected chi connectivity index (χ1v) is 14.0. The number of benzene rings is 3. The number of rotatable bonds is 7. The van der Waals surface area contributed by atoms with E-state index in [9.17, 15) is 18.5 Å². The Bertz CT molecular complexity index is 1950. The van der Waals surface area contributed by atoms with Gasteiger partial charge in [-0.05, 0) is 48.4 Å². The number of nitrogens with two attached hydrogens (primary N) is 1. The Labute approximate surface area is 230 Å². The summed E-state index contributed by atoms with van der Waals surface area (Å²) in [4.78, 5) is 27.2. The Morgan fingerprint density at radius 2 is 1.77 bits per heavy atom. The Hall–Kier alpha value is -5.28. The first-order valence-electron chi connectivity index (χ1n) is 12.1. The summed E-state index contributed by atoms with van der Waals surface area (Å²) in [6, 6.07) is 22.7. The molecule has 200 valence electrons. The number of hydrogen-bond acceptors (Lipinski definition) is 9. The summed E-state index contributed by atoms with van der Waals surface area (Å²) >= 11 is 0. The van der Waals surface area contributed by atoms with Crippen molar-refractivity contribution in [2.45, 2.75) is 13.0 Å². The van der Waals surface area contributed by atoms with Gasteiger partial charge in [-0.25, -0.2) is 18.4 Å². The lowest BCUT2D eigenvalue weighted by Gasteiger charge is -2.21. The molecule has 12 heteroatoms. The van der Waals surface area contributed by atoms with Crippen LogP contribution in [0.15, 0.2) is 83.8 Å². The number of nitrogens with zero attached hydrogens (tertiary/aromatic N) is 5. The van der Waals surface area contributed by atoms with Gasteiger partial charge in [0.25, 0.3) is 5.56 Å². The summed E-state index contributed by atoms with van der Waals surface area (Å²) in [6.45, 7) is 1.80. The highest BCUT2D eigenvalue weighted by Crippen LogP contribution is 2.30. The molecule has 0 aliphatic rings. The highest BCUT2D eigenvalue weighted by Gasteiger charge is 2.21. The van der Waals surface area contributed by atoms with Crippen LogP contribution in [0.2, 0.25) is 0 Å². The minimum Gasteiger partial charge on any atom is -0.368 e. The van der Waals surface area contributed by atoms with Crippen LogP contribution in [0.4, 0.5) is 17.5 Å². The average Bonchev–Trinajstić information content (AvgIpc) is 2.92. The summed E-state index contributed by atoms with van der Waals surface area (Å²) < 4.78 is 27.6. The van der Waals surface area contributed by atoms with E-state index in [4.69, 9.17) is 10.7 Å². The fraction of sp³-hybridized carbons (Fsp3) is 0.107. The number of nitriles is 1. The molecule has 40 heavy (non-hydrogen) atoms. The molecule has 4 N–H and O–H groups in total. The standard InChI is InChI=1S/C28H24N8O3S/c1-17(32-25-19(15-29)16-31-28(30)34-25)26-33-23-13-7-12-22(18-8-6-9-20(14-18)35-40(2,38)39)24(23)27(37)36(26)21-10-4-3-5-11-21/h3-14,16-17,35H,1-2H3,(H3,30,31,32,34). The van der Waals surface area contributed by atoms with E-state index >= 15 is 0 Å². The highest BCUT2D eigenvalue weighted by atomic mass is 32.2. The summed E-state index contributed by atoms with van der Waals surface area (Å²) in [5, 5.41) is 13.0. The van der Waals surface area contributed by atoms with Crippen LogP contribution < -0.4 is 21.3 Å². The normalized spacial score (nSPS) is 12.0. The molecule has 0 radical (unpaired) electrons. The number of sulfonamides is 1. The molecule has 0 amide bonds. The van der Waals surface area contributed by atoms with Gasteiger partial charge in [0.2, 0.25) is 16.0 Å². The molecule has 1 atom stereocenters. The summed E-state index contributed by atoms with van der Waals surface area (Å²) in [7, 11) is -3.49. The molecule has 1 unspecified atom stereocenters. The fourth-order valence-corrected chi connectivity index (χ4v) is 4.98. The van der Waals surface area contributed by atoms with Gasteiger partial charge in [-0.2, -0.15) is 10.2 Å². The van der Waals surface area contributed by atoms with Gasteiger partial charge in [0, 0.05) is 5.69 Å². The lowest BCUT2D eigenvalue weighted by Crippen LogP contribution is -2.28. The van der Waals surface area contributed by atoms with Gasteiger partial charge in [-0.3, -0.25) is 14.1 Å². The minimum atomic E-state index is -3.49. The predicted octanol–water partition coefficient (Wildman–Crippen LogP) is 3.84. The van der Waals surface area contributed by atoms with Crippen molar-refractivity contribution in [2.75, 3.05) is 22.0 Å². The number of nitrogens with one attached hydrogen (secondary N) is 2. The number of nitrogen functional groups attached to an aromatic ring is 1. The predicted molar refractivity (Wildman–Crippen MR) is 154 cm³/mol. The van der Waals surface area contributed by atoms with E-state index in [0.29, 0.717) is 39.2 Å². The van der Waals surface area contributed by atoms with Gasteiger partial charge in [-0.1, -0.05) is 42.5 Å². The van der Waals surface area contributed by atoms with Crippen LogP contribution in [0, 0.1) is 11.3 Å². The zero-order chi connectivity index (χ0) is 28.4. The van der Waals surface area contributed by atoms with Crippen LogP contribution in [0.1, 0.15) is 24.4 Å². The van der Waals surface area contributed by atoms with Crippen molar-refractivity contribution in [3.63, 3.8) is 0 Å². The second-order valence-electron chi connectivity index (χ2n) is 9.07. The zero-order valence-electron chi connectivity index (χ0n) is 21.5. The molecule has 11 nitrogen and oxygen atoms in total. The molecule has 5 rings (SSSR count).